The average molecular weight is 624 g/mol. The first-order chi connectivity index (χ1) is 20.0. The average Bonchev–Trinajstić information content (AvgIpc) is 2.93. The van der Waals surface area contributed by atoms with Crippen molar-refractivity contribution < 1.29 is 31.5 Å². The van der Waals surface area contributed by atoms with E-state index in [1.165, 1.54) is 11.1 Å². The monoisotopic (exact) mass is 623 g/mol. The number of azide groups is 1. The third-order valence-electron chi connectivity index (χ3n) is 9.19. The van der Waals surface area contributed by atoms with Crippen LogP contribution in [0.2, 0.25) is 18.1 Å². The van der Waals surface area contributed by atoms with E-state index in [1.54, 1.807) is 0 Å². The van der Waals surface area contributed by atoms with Crippen molar-refractivity contribution in [3.63, 3.8) is 0 Å². The van der Waals surface area contributed by atoms with Crippen molar-refractivity contribution in [1.29, 1.82) is 0 Å². The van der Waals surface area contributed by atoms with Gasteiger partial charge in [-0.25, -0.2) is 17.6 Å². The standard InChI is InChI=1S/C32H45F4N3O3Si/c1-19-20(2)30-22(21(3)29(19)42-43(8,9)31(4,5)6)14-16-32(7,41-30)15-12-10-11-13-17-40-18-23-24(33)26(35)28(38-39-37)27(36)25(23)34/h10-18H2,1-9H3/t32-/m1/s1. The Morgan fingerprint density at radius 2 is 1.53 bits per heavy atom. The summed E-state index contributed by atoms with van der Waals surface area (Å²) in [5.41, 5.74) is 10.6. The van der Waals surface area contributed by atoms with Crippen LogP contribution in [0.5, 0.6) is 11.5 Å². The van der Waals surface area contributed by atoms with E-state index in [9.17, 15) is 17.6 Å². The minimum absolute atomic E-state index is 0.104. The third kappa shape index (κ3) is 7.49. The molecule has 0 saturated heterocycles. The first-order valence-corrected chi connectivity index (χ1v) is 17.8. The summed E-state index contributed by atoms with van der Waals surface area (Å²) in [6.45, 7) is 19.4. The van der Waals surface area contributed by atoms with E-state index in [1.807, 2.05) is 0 Å². The normalized spacial score (nSPS) is 16.9. The predicted octanol–water partition coefficient (Wildman–Crippen LogP) is 10.7. The van der Waals surface area contributed by atoms with Crippen LogP contribution in [-0.4, -0.2) is 20.5 Å². The Balaban J connectivity index is 1.51. The van der Waals surface area contributed by atoms with E-state index >= 15 is 0 Å². The summed E-state index contributed by atoms with van der Waals surface area (Å²) in [4.78, 5) is 2.19. The molecule has 0 amide bonds. The van der Waals surface area contributed by atoms with Gasteiger partial charge in [-0.1, -0.05) is 38.7 Å². The van der Waals surface area contributed by atoms with E-state index in [-0.39, 0.29) is 17.2 Å². The lowest BCUT2D eigenvalue weighted by Crippen LogP contribution is -2.44. The molecule has 0 unspecified atom stereocenters. The molecule has 0 aromatic heterocycles. The second-order valence-corrected chi connectivity index (χ2v) is 18.1. The number of hydrogen-bond donors (Lipinski definition) is 0. The van der Waals surface area contributed by atoms with Crippen LogP contribution in [0.25, 0.3) is 10.4 Å². The van der Waals surface area contributed by atoms with Crippen molar-refractivity contribution in [2.45, 2.75) is 124 Å². The minimum atomic E-state index is -2.00. The topological polar surface area (TPSA) is 76.5 Å². The molecular weight excluding hydrogens is 578 g/mol. The maximum absolute atomic E-state index is 14.1. The zero-order chi connectivity index (χ0) is 32.3. The molecule has 2 aromatic carbocycles. The van der Waals surface area contributed by atoms with Crippen LogP contribution in [-0.2, 0) is 17.8 Å². The Hall–Kier alpha value is -2.75. The van der Waals surface area contributed by atoms with Crippen LogP contribution >= 0.6 is 0 Å². The molecule has 1 atom stereocenters. The molecule has 43 heavy (non-hydrogen) atoms. The van der Waals surface area contributed by atoms with Gasteiger partial charge in [0.15, 0.2) is 23.3 Å². The van der Waals surface area contributed by atoms with Crippen LogP contribution in [0, 0.1) is 44.0 Å². The molecule has 1 aliphatic heterocycles. The first kappa shape index (κ1) is 34.7. The number of hydrogen-bond acceptors (Lipinski definition) is 4. The van der Waals surface area contributed by atoms with Gasteiger partial charge in [-0.15, -0.1) is 0 Å². The van der Waals surface area contributed by atoms with Gasteiger partial charge in [0.25, 0.3) is 8.32 Å². The molecule has 1 aliphatic rings. The summed E-state index contributed by atoms with van der Waals surface area (Å²) >= 11 is 0. The maximum atomic E-state index is 14.1. The lowest BCUT2D eigenvalue weighted by Gasteiger charge is -2.41. The summed E-state index contributed by atoms with van der Waals surface area (Å²) in [7, 11) is -2.00. The van der Waals surface area contributed by atoms with Crippen LogP contribution in [0.3, 0.4) is 0 Å². The Labute approximate surface area is 253 Å². The van der Waals surface area contributed by atoms with Gasteiger partial charge in [0, 0.05) is 17.1 Å². The summed E-state index contributed by atoms with van der Waals surface area (Å²) in [6, 6.07) is 0. The molecule has 238 valence electrons. The van der Waals surface area contributed by atoms with Gasteiger partial charge in [-0.3, -0.25) is 0 Å². The van der Waals surface area contributed by atoms with Gasteiger partial charge in [0.05, 0.1) is 12.2 Å². The maximum Gasteiger partial charge on any atom is 0.250 e. The van der Waals surface area contributed by atoms with Crippen LogP contribution in [0.4, 0.5) is 23.2 Å². The van der Waals surface area contributed by atoms with E-state index in [0.29, 0.717) is 6.42 Å². The lowest BCUT2D eigenvalue weighted by molar-refractivity contribution is 0.0518. The Bertz CT molecular complexity index is 1370. The number of fused-ring (bicyclic) bond motifs is 1. The highest BCUT2D eigenvalue weighted by Crippen LogP contribution is 2.47. The van der Waals surface area contributed by atoms with Gasteiger partial charge in [0.2, 0.25) is 0 Å². The van der Waals surface area contributed by atoms with Gasteiger partial charge < -0.3 is 13.9 Å². The molecule has 0 saturated carbocycles. The van der Waals surface area contributed by atoms with Crippen LogP contribution in [0.1, 0.15) is 94.0 Å². The molecule has 0 aliphatic carbocycles. The van der Waals surface area contributed by atoms with Gasteiger partial charge in [-0.2, -0.15) is 0 Å². The van der Waals surface area contributed by atoms with Gasteiger partial charge in [-0.05, 0) is 100 Å². The minimum Gasteiger partial charge on any atom is -0.543 e. The quantitative estimate of drug-likeness (QED) is 0.0449. The summed E-state index contributed by atoms with van der Waals surface area (Å²) in [5.74, 6) is -4.72. The highest BCUT2D eigenvalue weighted by Gasteiger charge is 2.41. The number of benzene rings is 2. The fraction of sp³-hybridized carbons (Fsp3) is 0.625. The Morgan fingerprint density at radius 3 is 2.12 bits per heavy atom. The largest absolute Gasteiger partial charge is 0.543 e. The Kier molecular flexibility index (Phi) is 10.9. The number of halogens is 4. The van der Waals surface area contributed by atoms with E-state index in [4.69, 9.17) is 19.4 Å². The molecule has 0 bridgehead atoms. The van der Waals surface area contributed by atoms with Gasteiger partial charge >= 0.3 is 0 Å². The van der Waals surface area contributed by atoms with Crippen molar-refractivity contribution >= 4 is 14.0 Å². The SMILES string of the molecule is Cc1c(C)c2c(c(C)c1O[Si](C)(C)C(C)(C)C)CC[C@@](C)(CCCCCCOCc1c(F)c(F)c(N=[N+]=[N-])c(F)c1F)O2. The third-order valence-corrected chi connectivity index (χ3v) is 13.5. The molecule has 0 radical (unpaired) electrons. The molecule has 6 nitrogen and oxygen atoms in total. The number of rotatable bonds is 12. The first-order valence-electron chi connectivity index (χ1n) is 14.9. The summed E-state index contributed by atoms with van der Waals surface area (Å²) in [5, 5.41) is 2.79. The molecule has 0 fully saturated rings. The number of unbranched alkanes of at least 4 members (excludes halogenated alkanes) is 3. The second-order valence-electron chi connectivity index (χ2n) is 13.4. The molecule has 0 spiro atoms. The Morgan fingerprint density at radius 1 is 0.930 bits per heavy atom. The van der Waals surface area contributed by atoms with Crippen molar-refractivity contribution in [3.8, 4) is 11.5 Å². The molecular formula is C32H45F4N3O3Si. The number of nitrogens with zero attached hydrogens (tertiary/aromatic N) is 3. The van der Waals surface area contributed by atoms with Crippen molar-refractivity contribution in [3.05, 3.63) is 61.5 Å². The fourth-order valence-corrected chi connectivity index (χ4v) is 6.30. The molecule has 1 heterocycles. The highest BCUT2D eigenvalue weighted by atomic mass is 28.4. The van der Waals surface area contributed by atoms with E-state index < -0.39 is 49.4 Å². The second kappa shape index (κ2) is 13.5. The lowest BCUT2D eigenvalue weighted by atomic mass is 9.84. The predicted molar refractivity (Wildman–Crippen MR) is 164 cm³/mol. The van der Waals surface area contributed by atoms with E-state index in [2.05, 4.69) is 71.6 Å². The van der Waals surface area contributed by atoms with Crippen molar-refractivity contribution in [2.75, 3.05) is 6.61 Å². The van der Waals surface area contributed by atoms with Gasteiger partial charge in [0.1, 0.15) is 22.8 Å². The van der Waals surface area contributed by atoms with Crippen LogP contribution in [0.15, 0.2) is 5.11 Å². The fourth-order valence-electron chi connectivity index (χ4n) is 5.17. The van der Waals surface area contributed by atoms with Crippen LogP contribution < -0.4 is 9.16 Å². The zero-order valence-corrected chi connectivity index (χ0v) is 27.9. The number of ether oxygens (including phenoxy) is 2. The van der Waals surface area contributed by atoms with E-state index in [0.717, 1.165) is 61.2 Å². The molecule has 3 rings (SSSR count). The summed E-state index contributed by atoms with van der Waals surface area (Å²) < 4.78 is 74.9. The zero-order valence-electron chi connectivity index (χ0n) is 26.9. The molecule has 0 N–H and O–H groups in total. The highest BCUT2D eigenvalue weighted by molar-refractivity contribution is 6.74. The smallest absolute Gasteiger partial charge is 0.250 e. The van der Waals surface area contributed by atoms with Crippen molar-refractivity contribution in [1.82, 2.24) is 0 Å². The van der Waals surface area contributed by atoms with Crippen molar-refractivity contribution in [2.24, 2.45) is 5.11 Å². The molecule has 2 aromatic rings. The summed E-state index contributed by atoms with van der Waals surface area (Å²) in [6.07, 6.45) is 6.03. The molecule has 11 heteroatoms.